The van der Waals surface area contributed by atoms with Crippen molar-refractivity contribution in [1.29, 1.82) is 0 Å². The number of hydrogen-bond acceptors (Lipinski definition) is 2. The Kier molecular flexibility index (Phi) is 2.81. The third kappa shape index (κ3) is 1.82. The highest BCUT2D eigenvalue weighted by molar-refractivity contribution is 5.82. The lowest BCUT2D eigenvalue weighted by atomic mass is 9.71. The van der Waals surface area contributed by atoms with Gasteiger partial charge in [0.1, 0.15) is 0 Å². The first-order valence-corrected chi connectivity index (χ1v) is 6.60. The van der Waals surface area contributed by atoms with E-state index in [9.17, 15) is 19.8 Å². The van der Waals surface area contributed by atoms with Gasteiger partial charge in [-0.3, -0.25) is 9.59 Å². The number of rotatable bonds is 3. The molecule has 2 aliphatic carbocycles. The van der Waals surface area contributed by atoms with Crippen molar-refractivity contribution in [2.24, 2.45) is 23.7 Å². The maximum Gasteiger partial charge on any atom is 0.307 e. The summed E-state index contributed by atoms with van der Waals surface area (Å²) in [6.07, 6.45) is 1.53. The molecule has 2 unspecified atom stereocenters. The summed E-state index contributed by atoms with van der Waals surface area (Å²) in [5.41, 5.74) is 1.14. The Morgan fingerprint density at radius 2 is 1.58 bits per heavy atom. The zero-order valence-electron chi connectivity index (χ0n) is 10.4. The van der Waals surface area contributed by atoms with Crippen LogP contribution in [-0.2, 0) is 9.59 Å². The van der Waals surface area contributed by atoms with Crippen LogP contribution in [0, 0.1) is 23.7 Å². The number of fused-ring (bicyclic) bond motifs is 2. The lowest BCUT2D eigenvalue weighted by Gasteiger charge is -2.31. The van der Waals surface area contributed by atoms with Crippen LogP contribution in [0.2, 0.25) is 0 Å². The summed E-state index contributed by atoms with van der Waals surface area (Å²) in [4.78, 5) is 22.7. The van der Waals surface area contributed by atoms with Crippen molar-refractivity contribution in [3.05, 3.63) is 35.9 Å². The molecule has 2 N–H and O–H groups in total. The van der Waals surface area contributed by atoms with E-state index in [1.165, 1.54) is 0 Å². The van der Waals surface area contributed by atoms with Crippen LogP contribution in [0.3, 0.4) is 0 Å². The van der Waals surface area contributed by atoms with Crippen LogP contribution in [0.4, 0.5) is 0 Å². The summed E-state index contributed by atoms with van der Waals surface area (Å²) in [6, 6.07) is 9.86. The number of aliphatic carboxylic acids is 2. The van der Waals surface area contributed by atoms with Crippen molar-refractivity contribution in [3.8, 4) is 0 Å². The monoisotopic (exact) mass is 260 g/mol. The largest absolute Gasteiger partial charge is 0.481 e. The van der Waals surface area contributed by atoms with Gasteiger partial charge in [0.2, 0.25) is 0 Å². The standard InChI is InChI=1S/C15H16O4/c16-14(17)12-9-6-10(8-4-2-1-3-5-8)11(7-9)13(12)15(18)19/h1-5,9-13H,6-7H2,(H,16,17)(H,18,19)/t9?,10-,11?,12+,13-/m0/s1. The third-order valence-electron chi connectivity index (χ3n) is 4.80. The van der Waals surface area contributed by atoms with Crippen LogP contribution in [-0.4, -0.2) is 22.2 Å². The van der Waals surface area contributed by atoms with E-state index in [2.05, 4.69) is 0 Å². The first-order valence-electron chi connectivity index (χ1n) is 6.60. The zero-order chi connectivity index (χ0) is 13.6. The van der Waals surface area contributed by atoms with Gasteiger partial charge in [-0.1, -0.05) is 30.3 Å². The molecule has 4 nitrogen and oxygen atoms in total. The Morgan fingerprint density at radius 1 is 0.947 bits per heavy atom. The summed E-state index contributed by atoms with van der Waals surface area (Å²) in [5, 5.41) is 18.6. The lowest BCUT2D eigenvalue weighted by molar-refractivity contribution is -0.156. The maximum absolute atomic E-state index is 11.4. The molecular weight excluding hydrogens is 244 g/mol. The second kappa shape index (κ2) is 4.37. The summed E-state index contributed by atoms with van der Waals surface area (Å²) < 4.78 is 0. The minimum atomic E-state index is -0.958. The van der Waals surface area contributed by atoms with Crippen LogP contribution in [0.5, 0.6) is 0 Å². The molecule has 0 spiro atoms. The Morgan fingerprint density at radius 3 is 2.16 bits per heavy atom. The van der Waals surface area contributed by atoms with Gasteiger partial charge in [0.25, 0.3) is 0 Å². The fourth-order valence-corrected chi connectivity index (χ4v) is 4.14. The number of hydrogen-bond donors (Lipinski definition) is 2. The fourth-order valence-electron chi connectivity index (χ4n) is 4.14. The number of carboxylic acid groups (broad SMARTS) is 2. The average molecular weight is 260 g/mol. The van der Waals surface area contributed by atoms with Gasteiger partial charge < -0.3 is 10.2 Å². The van der Waals surface area contributed by atoms with Gasteiger partial charge in [-0.15, -0.1) is 0 Å². The summed E-state index contributed by atoms with van der Waals surface area (Å²) in [6.45, 7) is 0. The normalized spacial score (nSPS) is 36.3. The molecule has 3 rings (SSSR count). The van der Waals surface area contributed by atoms with Crippen molar-refractivity contribution in [2.75, 3.05) is 0 Å². The molecule has 2 bridgehead atoms. The van der Waals surface area contributed by atoms with E-state index in [0.29, 0.717) is 0 Å². The molecular formula is C15H16O4. The molecule has 5 atom stereocenters. The van der Waals surface area contributed by atoms with Gasteiger partial charge in [-0.05, 0) is 36.2 Å². The predicted molar refractivity (Wildman–Crippen MR) is 67.6 cm³/mol. The minimum absolute atomic E-state index is 0.00815. The van der Waals surface area contributed by atoms with E-state index in [-0.39, 0.29) is 17.8 Å². The highest BCUT2D eigenvalue weighted by Gasteiger charge is 2.58. The molecule has 19 heavy (non-hydrogen) atoms. The number of benzene rings is 1. The average Bonchev–Trinajstić information content (AvgIpc) is 2.96. The Bertz CT molecular complexity index is 510. The zero-order valence-corrected chi connectivity index (χ0v) is 10.4. The first-order chi connectivity index (χ1) is 9.09. The van der Waals surface area contributed by atoms with E-state index < -0.39 is 23.8 Å². The summed E-state index contributed by atoms with van der Waals surface area (Å²) in [7, 11) is 0. The predicted octanol–water partition coefficient (Wildman–Crippen LogP) is 2.21. The SMILES string of the molecule is O=C(O)[C@@H]1C2CC([C@H](c3ccccc3)C2)[C@@H]1C(=O)O. The highest BCUT2D eigenvalue weighted by atomic mass is 16.4. The number of carboxylic acids is 2. The van der Waals surface area contributed by atoms with Crippen LogP contribution in [0.15, 0.2) is 30.3 Å². The van der Waals surface area contributed by atoms with Crippen LogP contribution in [0.25, 0.3) is 0 Å². The summed E-state index contributed by atoms with van der Waals surface area (Å²) >= 11 is 0. The second-order valence-electron chi connectivity index (χ2n) is 5.64. The van der Waals surface area contributed by atoms with Crippen molar-refractivity contribution >= 4 is 11.9 Å². The van der Waals surface area contributed by atoms with E-state index in [1.807, 2.05) is 30.3 Å². The van der Waals surface area contributed by atoms with E-state index >= 15 is 0 Å². The quantitative estimate of drug-likeness (QED) is 0.873. The van der Waals surface area contributed by atoms with Crippen LogP contribution < -0.4 is 0 Å². The minimum Gasteiger partial charge on any atom is -0.481 e. The molecule has 2 aliphatic rings. The molecule has 0 heterocycles. The van der Waals surface area contributed by atoms with Crippen LogP contribution in [0.1, 0.15) is 24.3 Å². The smallest absolute Gasteiger partial charge is 0.307 e. The number of carbonyl (C=O) groups is 2. The van der Waals surface area contributed by atoms with Gasteiger partial charge in [-0.25, -0.2) is 0 Å². The topological polar surface area (TPSA) is 74.6 Å². The van der Waals surface area contributed by atoms with Crippen molar-refractivity contribution in [1.82, 2.24) is 0 Å². The lowest BCUT2D eigenvalue weighted by Crippen LogP contribution is -2.37. The molecule has 4 heteroatoms. The Hall–Kier alpha value is -1.84. The second-order valence-corrected chi connectivity index (χ2v) is 5.64. The van der Waals surface area contributed by atoms with Crippen molar-refractivity contribution in [3.63, 3.8) is 0 Å². The van der Waals surface area contributed by atoms with E-state index in [0.717, 1.165) is 18.4 Å². The van der Waals surface area contributed by atoms with E-state index in [4.69, 9.17) is 0 Å². The highest BCUT2D eigenvalue weighted by Crippen LogP contribution is 2.58. The van der Waals surface area contributed by atoms with Gasteiger partial charge in [0.15, 0.2) is 0 Å². The molecule has 0 amide bonds. The van der Waals surface area contributed by atoms with Crippen molar-refractivity contribution < 1.29 is 19.8 Å². The molecule has 0 radical (unpaired) electrons. The molecule has 0 aromatic heterocycles. The molecule has 2 fully saturated rings. The maximum atomic E-state index is 11.4. The molecule has 100 valence electrons. The summed E-state index contributed by atoms with van der Waals surface area (Å²) in [5.74, 6) is -3.18. The molecule has 0 saturated heterocycles. The molecule has 2 saturated carbocycles. The molecule has 1 aromatic rings. The fraction of sp³-hybridized carbons (Fsp3) is 0.467. The van der Waals surface area contributed by atoms with Crippen molar-refractivity contribution in [2.45, 2.75) is 18.8 Å². The van der Waals surface area contributed by atoms with Gasteiger partial charge in [0, 0.05) is 0 Å². The first kappa shape index (κ1) is 12.2. The Labute approximate surface area is 111 Å². The van der Waals surface area contributed by atoms with Crippen LogP contribution >= 0.6 is 0 Å². The molecule has 1 aromatic carbocycles. The third-order valence-corrected chi connectivity index (χ3v) is 4.80. The van der Waals surface area contributed by atoms with Gasteiger partial charge in [0.05, 0.1) is 11.8 Å². The van der Waals surface area contributed by atoms with E-state index in [1.54, 1.807) is 0 Å². The van der Waals surface area contributed by atoms with Gasteiger partial charge in [-0.2, -0.15) is 0 Å². The van der Waals surface area contributed by atoms with Gasteiger partial charge >= 0.3 is 11.9 Å². The molecule has 0 aliphatic heterocycles. The Balaban J connectivity index is 1.92.